The van der Waals surface area contributed by atoms with Crippen LogP contribution in [0, 0.1) is 12.8 Å². The molecule has 1 aliphatic heterocycles. The lowest BCUT2D eigenvalue weighted by Crippen LogP contribution is -2.30. The highest BCUT2D eigenvalue weighted by Gasteiger charge is 2.41. The first-order chi connectivity index (χ1) is 12.3. The Bertz CT molecular complexity index is 952. The monoisotopic (exact) mass is 372 g/mol. The third kappa shape index (κ3) is 3.62. The first-order valence-electron chi connectivity index (χ1n) is 8.28. The highest BCUT2D eigenvalue weighted by molar-refractivity contribution is 7.94. The summed E-state index contributed by atoms with van der Waals surface area (Å²) in [6.07, 6.45) is 0. The van der Waals surface area contributed by atoms with Gasteiger partial charge in [0.25, 0.3) is 5.91 Å². The minimum Gasteiger partial charge on any atom is -0.348 e. The van der Waals surface area contributed by atoms with Gasteiger partial charge in [0.1, 0.15) is 0 Å². The lowest BCUT2D eigenvalue weighted by Gasteiger charge is -2.15. The van der Waals surface area contributed by atoms with Crippen molar-refractivity contribution in [1.82, 2.24) is 5.32 Å². The fourth-order valence-electron chi connectivity index (χ4n) is 2.94. The number of amides is 2. The molecule has 0 aromatic heterocycles. The summed E-state index contributed by atoms with van der Waals surface area (Å²) in [7, 11) is -3.64. The van der Waals surface area contributed by atoms with Gasteiger partial charge in [-0.15, -0.1) is 0 Å². The SMILES string of the molecule is Cc1cccc(CNC(=O)c2ccc(N3C(=O)[C@H](C)CS3(=O)=O)cc2)c1. The van der Waals surface area contributed by atoms with Crippen LogP contribution in [0.2, 0.25) is 0 Å². The van der Waals surface area contributed by atoms with E-state index in [-0.39, 0.29) is 17.3 Å². The van der Waals surface area contributed by atoms with Gasteiger partial charge >= 0.3 is 0 Å². The number of nitrogens with one attached hydrogen (secondary N) is 1. The molecule has 2 aromatic carbocycles. The fraction of sp³-hybridized carbons (Fsp3) is 0.263. The van der Waals surface area contributed by atoms with Crippen molar-refractivity contribution >= 4 is 27.5 Å². The van der Waals surface area contributed by atoms with Gasteiger partial charge in [0.2, 0.25) is 15.9 Å². The molecule has 1 N–H and O–H groups in total. The van der Waals surface area contributed by atoms with Crippen LogP contribution < -0.4 is 9.62 Å². The van der Waals surface area contributed by atoms with E-state index < -0.39 is 21.8 Å². The molecule has 1 fully saturated rings. The van der Waals surface area contributed by atoms with Gasteiger partial charge in [-0.05, 0) is 36.8 Å². The average Bonchev–Trinajstić information content (AvgIpc) is 2.80. The van der Waals surface area contributed by atoms with E-state index in [4.69, 9.17) is 0 Å². The van der Waals surface area contributed by atoms with Crippen LogP contribution in [0.3, 0.4) is 0 Å². The zero-order valence-corrected chi connectivity index (χ0v) is 15.4. The van der Waals surface area contributed by atoms with Gasteiger partial charge < -0.3 is 5.32 Å². The molecule has 0 bridgehead atoms. The third-order valence-corrected chi connectivity index (χ3v) is 6.13. The zero-order chi connectivity index (χ0) is 18.9. The molecule has 1 aliphatic rings. The van der Waals surface area contributed by atoms with Crippen molar-refractivity contribution < 1.29 is 18.0 Å². The molecule has 136 valence electrons. The number of carbonyl (C=O) groups excluding carboxylic acids is 2. The highest BCUT2D eigenvalue weighted by Crippen LogP contribution is 2.28. The van der Waals surface area contributed by atoms with Crippen LogP contribution in [0.4, 0.5) is 5.69 Å². The molecule has 0 aliphatic carbocycles. The van der Waals surface area contributed by atoms with Crippen molar-refractivity contribution in [3.8, 4) is 0 Å². The summed E-state index contributed by atoms with van der Waals surface area (Å²) < 4.78 is 25.1. The predicted molar refractivity (Wildman–Crippen MR) is 99.2 cm³/mol. The Morgan fingerprint density at radius 2 is 1.88 bits per heavy atom. The molecular formula is C19H20N2O4S. The molecule has 6 nitrogen and oxygen atoms in total. The van der Waals surface area contributed by atoms with Gasteiger partial charge in [-0.25, -0.2) is 12.7 Å². The number of anilines is 1. The minimum absolute atomic E-state index is 0.190. The number of nitrogens with zero attached hydrogens (tertiary/aromatic N) is 1. The van der Waals surface area contributed by atoms with Crippen LogP contribution in [0.15, 0.2) is 48.5 Å². The normalized spacial score (nSPS) is 18.8. The van der Waals surface area contributed by atoms with Crippen LogP contribution in [0.25, 0.3) is 0 Å². The quantitative estimate of drug-likeness (QED) is 0.892. The van der Waals surface area contributed by atoms with E-state index in [1.54, 1.807) is 6.92 Å². The van der Waals surface area contributed by atoms with E-state index in [2.05, 4.69) is 5.32 Å². The molecule has 0 unspecified atom stereocenters. The Morgan fingerprint density at radius 3 is 2.46 bits per heavy atom. The lowest BCUT2D eigenvalue weighted by atomic mass is 10.1. The number of carbonyl (C=O) groups is 2. The number of rotatable bonds is 4. The van der Waals surface area contributed by atoms with Crippen molar-refractivity contribution in [2.24, 2.45) is 5.92 Å². The maximum absolute atomic E-state index is 12.3. The molecule has 0 radical (unpaired) electrons. The summed E-state index contributed by atoms with van der Waals surface area (Å²) in [4.78, 5) is 24.4. The molecule has 1 heterocycles. The standard InChI is InChI=1S/C19H20N2O4S/c1-13-4-3-5-15(10-13)11-20-18(22)16-6-8-17(9-7-16)21-19(23)14(2)12-26(21,24)25/h3-10,14H,11-12H2,1-2H3,(H,20,22)/t14-/m1/s1. The Kier molecular flexibility index (Phi) is 4.82. The molecule has 26 heavy (non-hydrogen) atoms. The molecule has 3 rings (SSSR count). The van der Waals surface area contributed by atoms with Gasteiger partial charge in [0.05, 0.1) is 17.4 Å². The van der Waals surface area contributed by atoms with E-state index in [1.165, 1.54) is 24.3 Å². The van der Waals surface area contributed by atoms with Gasteiger partial charge in [-0.1, -0.05) is 36.8 Å². The molecule has 1 saturated heterocycles. The molecule has 0 spiro atoms. The molecular weight excluding hydrogens is 352 g/mol. The predicted octanol–water partition coefficient (Wildman–Crippen LogP) is 2.24. The van der Waals surface area contributed by atoms with Gasteiger partial charge in [-0.2, -0.15) is 0 Å². The summed E-state index contributed by atoms with van der Waals surface area (Å²) in [6, 6.07) is 13.8. The summed E-state index contributed by atoms with van der Waals surface area (Å²) in [5.41, 5.74) is 2.78. The van der Waals surface area contributed by atoms with Crippen LogP contribution in [-0.4, -0.2) is 26.0 Å². The Balaban J connectivity index is 1.71. The van der Waals surface area contributed by atoms with Crippen LogP contribution in [-0.2, 0) is 21.4 Å². The van der Waals surface area contributed by atoms with Crippen LogP contribution >= 0.6 is 0 Å². The van der Waals surface area contributed by atoms with Gasteiger partial charge in [0, 0.05) is 12.1 Å². The van der Waals surface area contributed by atoms with E-state index in [1.807, 2.05) is 31.2 Å². The second-order valence-corrected chi connectivity index (χ2v) is 8.36. The maximum Gasteiger partial charge on any atom is 0.251 e. The smallest absolute Gasteiger partial charge is 0.251 e. The van der Waals surface area contributed by atoms with E-state index in [9.17, 15) is 18.0 Å². The maximum atomic E-state index is 12.3. The summed E-state index contributed by atoms with van der Waals surface area (Å²) in [5.74, 6) is -1.45. The van der Waals surface area contributed by atoms with Crippen molar-refractivity contribution in [3.05, 3.63) is 65.2 Å². The topological polar surface area (TPSA) is 83.6 Å². The summed E-state index contributed by atoms with van der Waals surface area (Å²) in [6.45, 7) is 3.98. The van der Waals surface area contributed by atoms with Gasteiger partial charge in [0.15, 0.2) is 0 Å². The van der Waals surface area contributed by atoms with Crippen LogP contribution in [0.5, 0.6) is 0 Å². The Hall–Kier alpha value is -2.67. The van der Waals surface area contributed by atoms with E-state index >= 15 is 0 Å². The number of sulfonamides is 1. The first-order valence-corrected chi connectivity index (χ1v) is 9.89. The number of hydrogen-bond donors (Lipinski definition) is 1. The molecule has 0 saturated carbocycles. The fourth-order valence-corrected chi connectivity index (χ4v) is 4.76. The Morgan fingerprint density at radius 1 is 1.19 bits per heavy atom. The van der Waals surface area contributed by atoms with E-state index in [0.29, 0.717) is 12.1 Å². The number of hydrogen-bond acceptors (Lipinski definition) is 4. The van der Waals surface area contributed by atoms with E-state index in [0.717, 1.165) is 15.4 Å². The summed E-state index contributed by atoms with van der Waals surface area (Å²) in [5, 5.41) is 2.83. The van der Waals surface area contributed by atoms with Crippen molar-refractivity contribution in [1.29, 1.82) is 0 Å². The van der Waals surface area contributed by atoms with Gasteiger partial charge in [-0.3, -0.25) is 9.59 Å². The van der Waals surface area contributed by atoms with Crippen LogP contribution in [0.1, 0.15) is 28.4 Å². The van der Waals surface area contributed by atoms with Crippen molar-refractivity contribution in [2.45, 2.75) is 20.4 Å². The second kappa shape index (κ2) is 6.92. The molecule has 2 amide bonds. The van der Waals surface area contributed by atoms with Crippen molar-refractivity contribution in [3.63, 3.8) is 0 Å². The minimum atomic E-state index is -3.64. The first kappa shape index (κ1) is 18.1. The summed E-state index contributed by atoms with van der Waals surface area (Å²) >= 11 is 0. The largest absolute Gasteiger partial charge is 0.348 e. The lowest BCUT2D eigenvalue weighted by molar-refractivity contribution is -0.119. The number of benzene rings is 2. The van der Waals surface area contributed by atoms with Crippen molar-refractivity contribution in [2.75, 3.05) is 10.1 Å². The zero-order valence-electron chi connectivity index (χ0n) is 14.6. The average molecular weight is 372 g/mol. The second-order valence-electron chi connectivity index (χ2n) is 6.50. The molecule has 2 aromatic rings. The Labute approximate surface area is 152 Å². The molecule has 1 atom stereocenters. The molecule has 7 heteroatoms. The number of aryl methyl sites for hydroxylation is 1. The highest BCUT2D eigenvalue weighted by atomic mass is 32.2. The third-order valence-electron chi connectivity index (χ3n) is 4.26.